The highest BCUT2D eigenvalue weighted by atomic mass is 32.2. The van der Waals surface area contributed by atoms with Crippen molar-refractivity contribution in [3.05, 3.63) is 89.8 Å². The second-order valence-corrected chi connectivity index (χ2v) is 9.30. The highest BCUT2D eigenvalue weighted by Crippen LogP contribution is 2.33. The van der Waals surface area contributed by atoms with Gasteiger partial charge in [0.1, 0.15) is 5.75 Å². The smallest absolute Gasteiger partial charge is 0.435 e. The van der Waals surface area contributed by atoms with Crippen molar-refractivity contribution in [3.63, 3.8) is 0 Å². The van der Waals surface area contributed by atoms with E-state index in [1.807, 2.05) is 16.9 Å². The van der Waals surface area contributed by atoms with E-state index in [0.717, 1.165) is 17.2 Å². The third-order valence-corrected chi connectivity index (χ3v) is 6.61. The quantitative estimate of drug-likeness (QED) is 0.524. The molecule has 0 saturated heterocycles. The number of ether oxygens (including phenoxy) is 1. The van der Waals surface area contributed by atoms with Gasteiger partial charge in [0.25, 0.3) is 15.9 Å². The lowest BCUT2D eigenvalue weighted by molar-refractivity contribution is -0.141. The Morgan fingerprint density at radius 2 is 1.74 bits per heavy atom. The Bertz CT molecular complexity index is 1410. The molecule has 35 heavy (non-hydrogen) atoms. The van der Waals surface area contributed by atoms with Crippen LogP contribution in [0, 0.1) is 0 Å². The normalized spacial score (nSPS) is 13.9. The SMILES string of the molecule is COc1ccc(C(=O)NS(=O)(=O)c2ccc(-n3nc(C(F)(F)F)cc3C3=CCCC=C3)cc2)cc1. The molecule has 0 saturated carbocycles. The highest BCUT2D eigenvalue weighted by molar-refractivity contribution is 7.90. The first-order valence-corrected chi connectivity index (χ1v) is 11.9. The van der Waals surface area contributed by atoms with Crippen LogP contribution >= 0.6 is 0 Å². The lowest BCUT2D eigenvalue weighted by atomic mass is 10.0. The van der Waals surface area contributed by atoms with Gasteiger partial charge in [-0.15, -0.1) is 0 Å². The average molecular weight is 504 g/mol. The molecule has 3 aromatic rings. The number of nitrogens with zero attached hydrogens (tertiary/aromatic N) is 2. The van der Waals surface area contributed by atoms with Gasteiger partial charge in [-0.1, -0.05) is 18.2 Å². The van der Waals surface area contributed by atoms with E-state index < -0.39 is 27.8 Å². The van der Waals surface area contributed by atoms with Crippen molar-refractivity contribution >= 4 is 21.5 Å². The summed E-state index contributed by atoms with van der Waals surface area (Å²) in [6.45, 7) is 0. The van der Waals surface area contributed by atoms with Crippen LogP contribution in [0.4, 0.5) is 13.2 Å². The molecule has 1 heterocycles. The lowest BCUT2D eigenvalue weighted by Gasteiger charge is -2.12. The third kappa shape index (κ3) is 5.29. The molecule has 0 fully saturated rings. The molecular weight excluding hydrogens is 483 g/mol. The molecule has 1 aliphatic rings. The number of alkyl halides is 3. The topological polar surface area (TPSA) is 90.3 Å². The Labute approximate surface area is 199 Å². The maximum atomic E-state index is 13.3. The molecular formula is C24H20F3N3O4S. The van der Waals surface area contributed by atoms with Crippen LogP contribution in [-0.4, -0.2) is 31.2 Å². The Kier molecular flexibility index (Phi) is 6.53. The number of carbonyl (C=O) groups is 1. The first-order valence-electron chi connectivity index (χ1n) is 10.4. The van der Waals surface area contributed by atoms with E-state index in [0.29, 0.717) is 17.7 Å². The number of amides is 1. The van der Waals surface area contributed by atoms with Gasteiger partial charge in [-0.05, 0) is 73.0 Å². The second-order valence-electron chi connectivity index (χ2n) is 7.62. The van der Waals surface area contributed by atoms with E-state index in [-0.39, 0.29) is 21.8 Å². The minimum Gasteiger partial charge on any atom is -0.497 e. The van der Waals surface area contributed by atoms with Gasteiger partial charge in [0.05, 0.1) is 23.4 Å². The summed E-state index contributed by atoms with van der Waals surface area (Å²) < 4.78 is 73.5. The predicted octanol–water partition coefficient (Wildman–Crippen LogP) is 4.75. The van der Waals surface area contributed by atoms with Crippen LogP contribution in [0.2, 0.25) is 0 Å². The fraction of sp³-hybridized carbons (Fsp3) is 0.167. The summed E-state index contributed by atoms with van der Waals surface area (Å²) >= 11 is 0. The predicted molar refractivity (Wildman–Crippen MR) is 123 cm³/mol. The molecule has 1 aliphatic carbocycles. The van der Waals surface area contributed by atoms with Gasteiger partial charge in [0.15, 0.2) is 5.69 Å². The number of allylic oxidation sites excluding steroid dienone is 4. The maximum Gasteiger partial charge on any atom is 0.435 e. The molecule has 0 spiro atoms. The van der Waals surface area contributed by atoms with Gasteiger partial charge in [-0.3, -0.25) is 4.79 Å². The zero-order valence-corrected chi connectivity index (χ0v) is 19.2. The van der Waals surface area contributed by atoms with E-state index in [4.69, 9.17) is 4.74 Å². The molecule has 7 nitrogen and oxygen atoms in total. The molecule has 0 aliphatic heterocycles. The van der Waals surface area contributed by atoms with E-state index in [9.17, 15) is 26.4 Å². The molecule has 1 N–H and O–H groups in total. The number of benzene rings is 2. The van der Waals surface area contributed by atoms with Crippen LogP contribution in [0.25, 0.3) is 11.3 Å². The number of methoxy groups -OCH3 is 1. The third-order valence-electron chi connectivity index (χ3n) is 5.26. The van der Waals surface area contributed by atoms with Crippen molar-refractivity contribution in [3.8, 4) is 11.4 Å². The van der Waals surface area contributed by atoms with E-state index >= 15 is 0 Å². The summed E-state index contributed by atoms with van der Waals surface area (Å²) in [6.07, 6.45) is 2.24. The minimum atomic E-state index is -4.64. The largest absolute Gasteiger partial charge is 0.497 e. The fourth-order valence-corrected chi connectivity index (χ4v) is 4.45. The molecule has 0 atom stereocenters. The molecule has 182 valence electrons. The number of nitrogens with one attached hydrogen (secondary N) is 1. The molecule has 0 bridgehead atoms. The van der Waals surface area contributed by atoms with Crippen molar-refractivity contribution in [2.75, 3.05) is 7.11 Å². The van der Waals surface area contributed by atoms with Crippen molar-refractivity contribution in [1.29, 1.82) is 0 Å². The van der Waals surface area contributed by atoms with Crippen LogP contribution in [0.3, 0.4) is 0 Å². The van der Waals surface area contributed by atoms with Crippen LogP contribution in [0.15, 0.2) is 77.7 Å². The summed E-state index contributed by atoms with van der Waals surface area (Å²) in [5, 5.41) is 3.71. The van der Waals surface area contributed by atoms with E-state index in [1.165, 1.54) is 55.6 Å². The minimum absolute atomic E-state index is 0.112. The molecule has 2 aromatic carbocycles. The molecule has 1 amide bonds. The van der Waals surface area contributed by atoms with Crippen molar-refractivity contribution in [2.24, 2.45) is 0 Å². The Balaban J connectivity index is 1.62. The Hall–Kier alpha value is -3.86. The van der Waals surface area contributed by atoms with Crippen molar-refractivity contribution < 1.29 is 31.1 Å². The zero-order valence-electron chi connectivity index (χ0n) is 18.4. The summed E-state index contributed by atoms with van der Waals surface area (Å²) in [5.41, 5.74) is 0.103. The lowest BCUT2D eigenvalue weighted by Crippen LogP contribution is -2.30. The fourth-order valence-electron chi connectivity index (χ4n) is 3.47. The zero-order chi connectivity index (χ0) is 25.2. The molecule has 11 heteroatoms. The standard InChI is InChI=1S/C24H20F3N3O4S/c1-34-19-11-7-17(8-12-19)23(31)29-35(32,33)20-13-9-18(10-14-20)30-21(16-5-3-2-4-6-16)15-22(28-30)24(25,26)27/h3,5-15H,2,4H2,1H3,(H,29,31). The number of hydrogen-bond acceptors (Lipinski definition) is 5. The highest BCUT2D eigenvalue weighted by Gasteiger charge is 2.35. The van der Waals surface area contributed by atoms with Crippen molar-refractivity contribution in [2.45, 2.75) is 23.9 Å². The van der Waals surface area contributed by atoms with E-state index in [2.05, 4.69) is 5.10 Å². The number of sulfonamides is 1. The Morgan fingerprint density at radius 3 is 2.31 bits per heavy atom. The number of rotatable bonds is 6. The van der Waals surface area contributed by atoms with Crippen LogP contribution in [0.1, 0.15) is 34.6 Å². The number of aromatic nitrogens is 2. The van der Waals surface area contributed by atoms with Gasteiger partial charge < -0.3 is 4.74 Å². The van der Waals surface area contributed by atoms with E-state index in [1.54, 1.807) is 6.08 Å². The second kappa shape index (κ2) is 9.41. The van der Waals surface area contributed by atoms with Gasteiger partial charge >= 0.3 is 6.18 Å². The monoisotopic (exact) mass is 503 g/mol. The van der Waals surface area contributed by atoms with Crippen LogP contribution in [-0.2, 0) is 16.2 Å². The van der Waals surface area contributed by atoms with Crippen LogP contribution in [0.5, 0.6) is 5.75 Å². The number of carbonyl (C=O) groups excluding carboxylic acids is 1. The maximum absolute atomic E-state index is 13.3. The number of hydrogen-bond donors (Lipinski definition) is 1. The Morgan fingerprint density at radius 1 is 1.06 bits per heavy atom. The molecule has 1 aromatic heterocycles. The summed E-state index contributed by atoms with van der Waals surface area (Å²) in [6, 6.07) is 11.9. The number of halogens is 3. The summed E-state index contributed by atoms with van der Waals surface area (Å²) in [4.78, 5) is 12.1. The van der Waals surface area contributed by atoms with Gasteiger partial charge in [0.2, 0.25) is 0 Å². The molecule has 0 radical (unpaired) electrons. The summed E-state index contributed by atoms with van der Waals surface area (Å²) in [7, 11) is -2.77. The first kappa shape index (κ1) is 24.3. The van der Waals surface area contributed by atoms with Gasteiger partial charge in [-0.2, -0.15) is 18.3 Å². The molecule has 4 rings (SSSR count). The van der Waals surface area contributed by atoms with Crippen molar-refractivity contribution in [1.82, 2.24) is 14.5 Å². The van der Waals surface area contributed by atoms with Crippen LogP contribution < -0.4 is 9.46 Å². The first-order chi connectivity index (χ1) is 16.6. The summed E-state index contributed by atoms with van der Waals surface area (Å²) in [5.74, 6) is -0.330. The average Bonchev–Trinajstić information content (AvgIpc) is 3.31. The van der Waals surface area contributed by atoms with Gasteiger partial charge in [-0.25, -0.2) is 17.8 Å². The van der Waals surface area contributed by atoms with Gasteiger partial charge in [0, 0.05) is 5.56 Å². The molecule has 0 unspecified atom stereocenters.